The summed E-state index contributed by atoms with van der Waals surface area (Å²) in [5, 5.41) is 17.4. The molecule has 1 aliphatic rings. The molecule has 0 aliphatic heterocycles. The maximum atomic E-state index is 10.5. The lowest BCUT2D eigenvalue weighted by molar-refractivity contribution is 0.155. The van der Waals surface area contributed by atoms with Gasteiger partial charge >= 0.3 is 0 Å². The highest BCUT2D eigenvalue weighted by molar-refractivity contribution is 7.09. The Labute approximate surface area is 141 Å². The Hall–Kier alpha value is -1.43. The summed E-state index contributed by atoms with van der Waals surface area (Å²) in [5.41, 5.74) is 1.88. The van der Waals surface area contributed by atoms with Gasteiger partial charge in [-0.3, -0.25) is 0 Å². The molecule has 0 bridgehead atoms. The molecule has 3 rings (SSSR count). The molecule has 4 nitrogen and oxygen atoms in total. The molecule has 124 valence electrons. The van der Waals surface area contributed by atoms with Crippen LogP contribution in [0.3, 0.4) is 0 Å². The van der Waals surface area contributed by atoms with Crippen LogP contribution in [0.25, 0.3) is 0 Å². The molecule has 1 aromatic heterocycles. The van der Waals surface area contributed by atoms with Gasteiger partial charge in [0, 0.05) is 17.6 Å². The van der Waals surface area contributed by atoms with E-state index in [0.29, 0.717) is 6.54 Å². The van der Waals surface area contributed by atoms with E-state index in [2.05, 4.69) is 10.7 Å². The average Bonchev–Trinajstić information content (AvgIpc) is 3.22. The highest BCUT2D eigenvalue weighted by atomic mass is 32.1. The number of hydrogen-bond acceptors (Lipinski definition) is 5. The summed E-state index contributed by atoms with van der Waals surface area (Å²) in [5.74, 6) is 0.771. The van der Waals surface area contributed by atoms with Crippen molar-refractivity contribution in [2.75, 3.05) is 13.7 Å². The van der Waals surface area contributed by atoms with Gasteiger partial charge in [0.15, 0.2) is 0 Å². The van der Waals surface area contributed by atoms with Crippen LogP contribution in [0.15, 0.2) is 29.6 Å². The van der Waals surface area contributed by atoms with E-state index < -0.39 is 6.10 Å². The lowest BCUT2D eigenvalue weighted by atomic mass is 9.97. The average molecular weight is 332 g/mol. The molecule has 1 atom stereocenters. The van der Waals surface area contributed by atoms with Crippen LogP contribution in [-0.2, 0) is 5.54 Å². The van der Waals surface area contributed by atoms with Crippen LogP contribution in [0, 0.1) is 6.92 Å². The second kappa shape index (κ2) is 6.99. The molecule has 2 N–H and O–H groups in total. The molecule has 1 aromatic carbocycles. The van der Waals surface area contributed by atoms with Crippen molar-refractivity contribution in [2.45, 2.75) is 44.2 Å². The molecule has 2 aromatic rings. The van der Waals surface area contributed by atoms with E-state index in [1.165, 1.54) is 12.8 Å². The normalized spacial score (nSPS) is 18.0. The van der Waals surface area contributed by atoms with Crippen LogP contribution in [0.1, 0.15) is 48.1 Å². The second-order valence-electron chi connectivity index (χ2n) is 6.26. The molecule has 0 radical (unpaired) electrons. The van der Waals surface area contributed by atoms with Crippen molar-refractivity contribution in [2.24, 2.45) is 0 Å². The maximum absolute atomic E-state index is 10.5. The Morgan fingerprint density at radius 2 is 2.17 bits per heavy atom. The molecule has 1 aliphatic carbocycles. The van der Waals surface area contributed by atoms with E-state index in [1.54, 1.807) is 18.4 Å². The van der Waals surface area contributed by atoms with Gasteiger partial charge in [-0.15, -0.1) is 11.3 Å². The lowest BCUT2D eigenvalue weighted by Crippen LogP contribution is -2.42. The zero-order valence-electron chi connectivity index (χ0n) is 13.7. The first-order chi connectivity index (χ1) is 11.1. The van der Waals surface area contributed by atoms with E-state index in [1.807, 2.05) is 31.2 Å². The van der Waals surface area contributed by atoms with Crippen LogP contribution in [0.4, 0.5) is 0 Å². The smallest absolute Gasteiger partial charge is 0.119 e. The molecular formula is C18H24N2O2S. The number of aromatic nitrogens is 1. The van der Waals surface area contributed by atoms with Gasteiger partial charge < -0.3 is 15.2 Å². The zero-order chi connectivity index (χ0) is 16.3. The molecule has 0 amide bonds. The second-order valence-corrected chi connectivity index (χ2v) is 7.11. The van der Waals surface area contributed by atoms with E-state index in [0.717, 1.165) is 34.9 Å². The summed E-state index contributed by atoms with van der Waals surface area (Å²) < 4.78 is 5.23. The Balaban J connectivity index is 1.71. The SMILES string of the molecule is COc1cccc(C(O)CNC2(c3nc(C)cs3)CCCC2)c1. The van der Waals surface area contributed by atoms with Gasteiger partial charge in [-0.2, -0.15) is 0 Å². The summed E-state index contributed by atoms with van der Waals surface area (Å²) >= 11 is 1.72. The number of nitrogens with zero attached hydrogens (tertiary/aromatic N) is 1. The first-order valence-electron chi connectivity index (χ1n) is 8.13. The fourth-order valence-electron chi connectivity index (χ4n) is 3.28. The number of methoxy groups -OCH3 is 1. The third-order valence-electron chi connectivity index (χ3n) is 4.60. The number of nitrogens with one attached hydrogen (secondary N) is 1. The van der Waals surface area contributed by atoms with Gasteiger partial charge in [-0.25, -0.2) is 4.98 Å². The highest BCUT2D eigenvalue weighted by Crippen LogP contribution is 2.40. The van der Waals surface area contributed by atoms with Gasteiger partial charge in [0.25, 0.3) is 0 Å². The predicted molar refractivity (Wildman–Crippen MR) is 93.0 cm³/mol. The van der Waals surface area contributed by atoms with E-state index >= 15 is 0 Å². The van der Waals surface area contributed by atoms with Crippen molar-refractivity contribution in [3.8, 4) is 5.75 Å². The third kappa shape index (κ3) is 3.57. The number of aliphatic hydroxyl groups excluding tert-OH is 1. The summed E-state index contributed by atoms with van der Waals surface area (Å²) in [6, 6.07) is 7.62. The summed E-state index contributed by atoms with van der Waals surface area (Å²) in [4.78, 5) is 4.70. The molecule has 1 fully saturated rings. The molecule has 1 saturated carbocycles. The van der Waals surface area contributed by atoms with Crippen molar-refractivity contribution in [3.63, 3.8) is 0 Å². The predicted octanol–water partition coefficient (Wildman–Crippen LogP) is 3.55. The molecule has 5 heteroatoms. The molecule has 1 unspecified atom stereocenters. The Morgan fingerprint density at radius 3 is 2.83 bits per heavy atom. The van der Waals surface area contributed by atoms with E-state index in [-0.39, 0.29) is 5.54 Å². The van der Waals surface area contributed by atoms with E-state index in [9.17, 15) is 5.11 Å². The van der Waals surface area contributed by atoms with Crippen molar-refractivity contribution in [3.05, 3.63) is 45.9 Å². The lowest BCUT2D eigenvalue weighted by Gasteiger charge is -2.29. The van der Waals surface area contributed by atoms with Crippen LogP contribution >= 0.6 is 11.3 Å². The quantitative estimate of drug-likeness (QED) is 0.849. The third-order valence-corrected chi connectivity index (χ3v) is 5.76. The van der Waals surface area contributed by atoms with Crippen LogP contribution in [0.2, 0.25) is 0 Å². The number of hydrogen-bond donors (Lipinski definition) is 2. The Bertz CT molecular complexity index is 650. The molecule has 1 heterocycles. The first kappa shape index (κ1) is 16.4. The fraction of sp³-hybridized carbons (Fsp3) is 0.500. The van der Waals surface area contributed by atoms with Crippen molar-refractivity contribution in [1.29, 1.82) is 0 Å². The topological polar surface area (TPSA) is 54.4 Å². The number of aliphatic hydroxyl groups is 1. The first-order valence-corrected chi connectivity index (χ1v) is 9.00. The molecule has 0 spiro atoms. The van der Waals surface area contributed by atoms with Gasteiger partial charge in [0.2, 0.25) is 0 Å². The largest absolute Gasteiger partial charge is 0.497 e. The van der Waals surface area contributed by atoms with Crippen LogP contribution < -0.4 is 10.1 Å². The minimum absolute atomic E-state index is 0.0707. The van der Waals surface area contributed by atoms with Gasteiger partial charge in [0.1, 0.15) is 10.8 Å². The van der Waals surface area contributed by atoms with Crippen LogP contribution in [0.5, 0.6) is 5.75 Å². The Morgan fingerprint density at radius 1 is 1.39 bits per heavy atom. The zero-order valence-corrected chi connectivity index (χ0v) is 14.5. The summed E-state index contributed by atoms with van der Waals surface area (Å²) in [7, 11) is 1.64. The summed E-state index contributed by atoms with van der Waals surface area (Å²) in [6.07, 6.45) is 4.04. The standard InChI is InChI=1S/C18H24N2O2S/c1-13-12-23-17(20-13)18(8-3-4-9-18)19-11-16(21)14-6-5-7-15(10-14)22-2/h5-7,10,12,16,19,21H,3-4,8-9,11H2,1-2H3. The number of ether oxygens (including phenoxy) is 1. The highest BCUT2D eigenvalue weighted by Gasteiger charge is 2.38. The molecule has 23 heavy (non-hydrogen) atoms. The number of rotatable bonds is 6. The maximum Gasteiger partial charge on any atom is 0.119 e. The Kier molecular flexibility index (Phi) is 4.99. The van der Waals surface area contributed by atoms with Gasteiger partial charge in [-0.1, -0.05) is 25.0 Å². The van der Waals surface area contributed by atoms with Crippen LogP contribution in [-0.4, -0.2) is 23.7 Å². The number of thiazole rings is 1. The monoisotopic (exact) mass is 332 g/mol. The number of benzene rings is 1. The van der Waals surface area contributed by atoms with Gasteiger partial charge in [-0.05, 0) is 37.5 Å². The van der Waals surface area contributed by atoms with Gasteiger partial charge in [0.05, 0.1) is 18.8 Å². The fourth-order valence-corrected chi connectivity index (χ4v) is 4.31. The van der Waals surface area contributed by atoms with Crippen molar-refractivity contribution < 1.29 is 9.84 Å². The van der Waals surface area contributed by atoms with Crippen molar-refractivity contribution >= 4 is 11.3 Å². The van der Waals surface area contributed by atoms with E-state index in [4.69, 9.17) is 9.72 Å². The minimum Gasteiger partial charge on any atom is -0.497 e. The number of aryl methyl sites for hydroxylation is 1. The van der Waals surface area contributed by atoms with Crippen molar-refractivity contribution in [1.82, 2.24) is 10.3 Å². The molecular weight excluding hydrogens is 308 g/mol. The minimum atomic E-state index is -0.552. The summed E-state index contributed by atoms with van der Waals surface area (Å²) in [6.45, 7) is 2.56. The molecule has 0 saturated heterocycles.